The third-order valence-electron chi connectivity index (χ3n) is 5.03. The molecule has 2 fully saturated rings. The third-order valence-corrected chi connectivity index (χ3v) is 5.03. The zero-order chi connectivity index (χ0) is 17.1. The fraction of sp³-hybridized carbons (Fsp3) is 0.500. The van der Waals surface area contributed by atoms with Crippen LogP contribution in [0.15, 0.2) is 30.5 Å². The molecule has 7 heteroatoms. The standard InChI is InChI=1S/C18H23FN6/c19-14-5-7-16(8-6-14)24-9-11-25(12-10-24)17-13-20-23-18(22-17)21-15-3-1-2-4-15/h5-8,13,15H,1-4,9-12H2,(H,21,22,23). The van der Waals surface area contributed by atoms with Crippen LogP contribution in [0.2, 0.25) is 0 Å². The van der Waals surface area contributed by atoms with Crippen molar-refractivity contribution in [2.24, 2.45) is 0 Å². The Morgan fingerprint density at radius 1 is 0.960 bits per heavy atom. The summed E-state index contributed by atoms with van der Waals surface area (Å²) in [6, 6.07) is 7.17. The molecule has 1 aromatic heterocycles. The second kappa shape index (κ2) is 7.21. The van der Waals surface area contributed by atoms with Crippen molar-refractivity contribution in [2.45, 2.75) is 31.7 Å². The molecule has 1 saturated heterocycles. The predicted molar refractivity (Wildman–Crippen MR) is 96.5 cm³/mol. The fourth-order valence-corrected chi connectivity index (χ4v) is 3.61. The minimum Gasteiger partial charge on any atom is -0.368 e. The van der Waals surface area contributed by atoms with Gasteiger partial charge in [0, 0.05) is 37.9 Å². The van der Waals surface area contributed by atoms with Crippen LogP contribution in [0.5, 0.6) is 0 Å². The van der Waals surface area contributed by atoms with Crippen molar-refractivity contribution in [3.05, 3.63) is 36.3 Å². The summed E-state index contributed by atoms with van der Waals surface area (Å²) in [7, 11) is 0. The Balaban J connectivity index is 1.37. The van der Waals surface area contributed by atoms with E-state index in [4.69, 9.17) is 0 Å². The molecule has 1 N–H and O–H groups in total. The lowest BCUT2D eigenvalue weighted by Crippen LogP contribution is -2.47. The molecule has 25 heavy (non-hydrogen) atoms. The first-order valence-corrected chi connectivity index (χ1v) is 9.00. The van der Waals surface area contributed by atoms with E-state index in [1.54, 1.807) is 6.20 Å². The van der Waals surface area contributed by atoms with Crippen LogP contribution in [0, 0.1) is 5.82 Å². The maximum Gasteiger partial charge on any atom is 0.244 e. The quantitative estimate of drug-likeness (QED) is 0.922. The first-order chi connectivity index (χ1) is 12.3. The Hall–Kier alpha value is -2.44. The lowest BCUT2D eigenvalue weighted by Gasteiger charge is -2.36. The highest BCUT2D eigenvalue weighted by Crippen LogP contribution is 2.22. The molecule has 0 amide bonds. The number of hydrogen-bond acceptors (Lipinski definition) is 6. The average Bonchev–Trinajstić information content (AvgIpc) is 3.16. The summed E-state index contributed by atoms with van der Waals surface area (Å²) in [5, 5.41) is 11.6. The predicted octanol–water partition coefficient (Wildman–Crippen LogP) is 2.69. The number of hydrogen-bond donors (Lipinski definition) is 1. The van der Waals surface area contributed by atoms with Crippen molar-refractivity contribution in [1.82, 2.24) is 15.2 Å². The largest absolute Gasteiger partial charge is 0.368 e. The molecule has 2 aliphatic rings. The van der Waals surface area contributed by atoms with Gasteiger partial charge in [0.1, 0.15) is 5.82 Å². The summed E-state index contributed by atoms with van der Waals surface area (Å²) in [5.74, 6) is 1.30. The number of piperazine rings is 1. The normalized spacial score (nSPS) is 18.6. The van der Waals surface area contributed by atoms with Gasteiger partial charge in [-0.2, -0.15) is 10.1 Å². The number of nitrogens with one attached hydrogen (secondary N) is 1. The van der Waals surface area contributed by atoms with Crippen LogP contribution in [0.1, 0.15) is 25.7 Å². The van der Waals surface area contributed by atoms with Gasteiger partial charge in [-0.25, -0.2) is 4.39 Å². The lowest BCUT2D eigenvalue weighted by atomic mass is 10.2. The van der Waals surface area contributed by atoms with Crippen molar-refractivity contribution in [3.63, 3.8) is 0 Å². The highest BCUT2D eigenvalue weighted by atomic mass is 19.1. The number of anilines is 3. The van der Waals surface area contributed by atoms with E-state index in [9.17, 15) is 4.39 Å². The van der Waals surface area contributed by atoms with Crippen LogP contribution in [0.25, 0.3) is 0 Å². The van der Waals surface area contributed by atoms with Gasteiger partial charge in [-0.15, -0.1) is 5.10 Å². The van der Waals surface area contributed by atoms with Crippen LogP contribution < -0.4 is 15.1 Å². The number of nitrogens with zero attached hydrogens (tertiary/aromatic N) is 5. The molecule has 0 atom stereocenters. The van der Waals surface area contributed by atoms with Gasteiger partial charge in [0.2, 0.25) is 5.95 Å². The van der Waals surface area contributed by atoms with Gasteiger partial charge >= 0.3 is 0 Å². The first-order valence-electron chi connectivity index (χ1n) is 9.00. The topological polar surface area (TPSA) is 57.2 Å². The molecule has 1 saturated carbocycles. The number of halogens is 1. The molecule has 0 bridgehead atoms. The van der Waals surface area contributed by atoms with E-state index in [0.29, 0.717) is 12.0 Å². The van der Waals surface area contributed by atoms with Gasteiger partial charge in [0.25, 0.3) is 0 Å². The molecule has 0 unspecified atom stereocenters. The SMILES string of the molecule is Fc1ccc(N2CCN(c3cnnc(NC4CCCC4)n3)CC2)cc1. The summed E-state index contributed by atoms with van der Waals surface area (Å²) < 4.78 is 13.1. The maximum absolute atomic E-state index is 13.1. The summed E-state index contributed by atoms with van der Waals surface area (Å²) in [6.07, 6.45) is 6.65. The monoisotopic (exact) mass is 342 g/mol. The van der Waals surface area contributed by atoms with Crippen LogP contribution in [0.4, 0.5) is 21.8 Å². The molecule has 132 valence electrons. The van der Waals surface area contributed by atoms with Gasteiger partial charge in [-0.3, -0.25) is 0 Å². The zero-order valence-electron chi connectivity index (χ0n) is 14.2. The summed E-state index contributed by atoms with van der Waals surface area (Å²) in [6.45, 7) is 3.47. The van der Waals surface area contributed by atoms with Crippen molar-refractivity contribution in [1.29, 1.82) is 0 Å². The Morgan fingerprint density at radius 2 is 1.64 bits per heavy atom. The van der Waals surface area contributed by atoms with Gasteiger partial charge in [-0.05, 0) is 37.1 Å². The van der Waals surface area contributed by atoms with E-state index in [1.165, 1.54) is 37.8 Å². The van der Waals surface area contributed by atoms with E-state index in [2.05, 4.69) is 30.3 Å². The van der Waals surface area contributed by atoms with Crippen LogP contribution in [-0.2, 0) is 0 Å². The van der Waals surface area contributed by atoms with E-state index in [1.807, 2.05) is 12.1 Å². The van der Waals surface area contributed by atoms with Crippen molar-refractivity contribution >= 4 is 17.5 Å². The van der Waals surface area contributed by atoms with E-state index in [0.717, 1.165) is 37.7 Å². The summed E-state index contributed by atoms with van der Waals surface area (Å²) >= 11 is 0. The Labute approximate surface area is 147 Å². The minimum absolute atomic E-state index is 0.197. The molecule has 4 rings (SSSR count). The highest BCUT2D eigenvalue weighted by molar-refractivity contribution is 5.49. The third kappa shape index (κ3) is 3.81. The number of rotatable bonds is 4. The van der Waals surface area contributed by atoms with Crippen LogP contribution in [0.3, 0.4) is 0 Å². The molecule has 0 radical (unpaired) electrons. The van der Waals surface area contributed by atoms with E-state index >= 15 is 0 Å². The fourth-order valence-electron chi connectivity index (χ4n) is 3.61. The molecule has 1 aliphatic carbocycles. The first kappa shape index (κ1) is 16.1. The molecule has 1 aliphatic heterocycles. The van der Waals surface area contributed by atoms with Crippen molar-refractivity contribution in [3.8, 4) is 0 Å². The second-order valence-corrected chi connectivity index (χ2v) is 6.71. The van der Waals surface area contributed by atoms with Gasteiger partial charge in [0.05, 0.1) is 6.20 Å². The molecule has 1 aromatic carbocycles. The van der Waals surface area contributed by atoms with Gasteiger partial charge in [0.15, 0.2) is 5.82 Å². The molecule has 6 nitrogen and oxygen atoms in total. The van der Waals surface area contributed by atoms with E-state index < -0.39 is 0 Å². The van der Waals surface area contributed by atoms with Gasteiger partial charge < -0.3 is 15.1 Å². The molecule has 2 aromatic rings. The van der Waals surface area contributed by atoms with Crippen molar-refractivity contribution in [2.75, 3.05) is 41.3 Å². The van der Waals surface area contributed by atoms with E-state index in [-0.39, 0.29) is 5.82 Å². The minimum atomic E-state index is -0.197. The summed E-state index contributed by atoms with van der Waals surface area (Å²) in [5.41, 5.74) is 1.06. The lowest BCUT2D eigenvalue weighted by molar-refractivity contribution is 0.623. The second-order valence-electron chi connectivity index (χ2n) is 6.71. The highest BCUT2D eigenvalue weighted by Gasteiger charge is 2.20. The Morgan fingerprint density at radius 3 is 2.36 bits per heavy atom. The Bertz CT molecular complexity index is 693. The summed E-state index contributed by atoms with van der Waals surface area (Å²) in [4.78, 5) is 9.14. The molecule has 2 heterocycles. The van der Waals surface area contributed by atoms with Crippen LogP contribution in [-0.4, -0.2) is 47.4 Å². The number of aromatic nitrogens is 3. The average molecular weight is 342 g/mol. The molecule has 0 spiro atoms. The Kier molecular flexibility index (Phi) is 4.63. The number of benzene rings is 1. The maximum atomic E-state index is 13.1. The smallest absolute Gasteiger partial charge is 0.244 e. The van der Waals surface area contributed by atoms with Gasteiger partial charge in [-0.1, -0.05) is 12.8 Å². The zero-order valence-corrected chi connectivity index (χ0v) is 14.2. The van der Waals surface area contributed by atoms with Crippen molar-refractivity contribution < 1.29 is 4.39 Å². The molecular weight excluding hydrogens is 319 g/mol. The molecular formula is C18H23FN6. The van der Waals surface area contributed by atoms with Crippen LogP contribution >= 0.6 is 0 Å².